The highest BCUT2D eigenvalue weighted by Gasteiger charge is 2.20. The summed E-state index contributed by atoms with van der Waals surface area (Å²) in [5.74, 6) is -2.48. The number of carbonyl (C=O) groups excluding carboxylic acids is 1. The van der Waals surface area contributed by atoms with Crippen LogP contribution in [0.1, 0.15) is 5.56 Å². The normalized spacial score (nSPS) is 11.6. The molecule has 23 heavy (non-hydrogen) atoms. The number of carbonyl (C=O) groups is 1. The van der Waals surface area contributed by atoms with Crippen LogP contribution in [-0.4, -0.2) is 14.3 Å². The molecule has 2 aromatic carbocycles. The van der Waals surface area contributed by atoms with Gasteiger partial charge in [0.05, 0.1) is 0 Å². The molecular formula is C15H10ClF2NO3S. The first-order chi connectivity index (χ1) is 10.8. The summed E-state index contributed by atoms with van der Waals surface area (Å²) in [6.07, 6.45) is 2.24. The molecule has 8 heteroatoms. The van der Waals surface area contributed by atoms with Crippen molar-refractivity contribution >= 4 is 33.6 Å². The van der Waals surface area contributed by atoms with Crippen LogP contribution in [-0.2, 0) is 14.8 Å². The van der Waals surface area contributed by atoms with Crippen LogP contribution >= 0.6 is 11.6 Å². The zero-order valence-corrected chi connectivity index (χ0v) is 13.0. The predicted octanol–water partition coefficient (Wildman–Crippen LogP) is 3.14. The van der Waals surface area contributed by atoms with Crippen LogP contribution < -0.4 is 4.72 Å². The largest absolute Gasteiger partial charge is 0.269 e. The molecule has 0 aliphatic carbocycles. The van der Waals surface area contributed by atoms with E-state index < -0.39 is 32.5 Å². The van der Waals surface area contributed by atoms with Crippen LogP contribution in [0.25, 0.3) is 6.08 Å². The highest BCUT2D eigenvalue weighted by atomic mass is 35.5. The van der Waals surface area contributed by atoms with Gasteiger partial charge in [-0.3, -0.25) is 4.79 Å². The maximum atomic E-state index is 13.6. The second kappa shape index (κ2) is 6.89. The van der Waals surface area contributed by atoms with Crippen LogP contribution in [0.15, 0.2) is 53.4 Å². The molecule has 1 amide bonds. The van der Waals surface area contributed by atoms with Crippen LogP contribution in [0, 0.1) is 11.6 Å². The zero-order valence-electron chi connectivity index (χ0n) is 11.5. The summed E-state index contributed by atoms with van der Waals surface area (Å²) >= 11 is 5.54. The Morgan fingerprint density at radius 2 is 1.74 bits per heavy atom. The highest BCUT2D eigenvalue weighted by molar-refractivity contribution is 7.90. The van der Waals surface area contributed by atoms with E-state index in [4.69, 9.17) is 11.6 Å². The molecule has 0 atom stereocenters. The molecule has 4 nitrogen and oxygen atoms in total. The Morgan fingerprint density at radius 3 is 2.35 bits per heavy atom. The van der Waals surface area contributed by atoms with Gasteiger partial charge in [-0.15, -0.1) is 0 Å². The molecule has 2 aromatic rings. The third-order valence-corrected chi connectivity index (χ3v) is 4.33. The van der Waals surface area contributed by atoms with E-state index in [9.17, 15) is 22.0 Å². The SMILES string of the molecule is O=C(/C=C/c1ccc(F)cc1)NS(=O)(=O)c1ccc(Cl)cc1F. The van der Waals surface area contributed by atoms with Gasteiger partial charge in [0.2, 0.25) is 0 Å². The summed E-state index contributed by atoms with van der Waals surface area (Å²) < 4.78 is 51.9. The molecule has 0 aliphatic heterocycles. The Balaban J connectivity index is 2.13. The molecule has 0 radical (unpaired) electrons. The van der Waals surface area contributed by atoms with Crippen molar-refractivity contribution in [1.29, 1.82) is 0 Å². The number of hydrogen-bond donors (Lipinski definition) is 1. The molecule has 2 rings (SSSR count). The Labute approximate surface area is 136 Å². The molecule has 0 aromatic heterocycles. The smallest absolute Gasteiger partial charge is 0.267 e. The molecule has 0 unspecified atom stereocenters. The number of nitrogens with one attached hydrogen (secondary N) is 1. The van der Waals surface area contributed by atoms with Gasteiger partial charge in [-0.1, -0.05) is 23.7 Å². The zero-order chi connectivity index (χ0) is 17.0. The van der Waals surface area contributed by atoms with E-state index in [-0.39, 0.29) is 5.02 Å². The summed E-state index contributed by atoms with van der Waals surface area (Å²) in [6, 6.07) is 8.18. The Morgan fingerprint density at radius 1 is 1.09 bits per heavy atom. The van der Waals surface area contributed by atoms with Gasteiger partial charge < -0.3 is 0 Å². The molecule has 0 bridgehead atoms. The molecule has 120 valence electrons. The van der Waals surface area contributed by atoms with E-state index in [2.05, 4.69) is 0 Å². The average molecular weight is 358 g/mol. The summed E-state index contributed by atoms with van der Waals surface area (Å²) in [5.41, 5.74) is 0.497. The third-order valence-electron chi connectivity index (χ3n) is 2.72. The number of rotatable bonds is 4. The van der Waals surface area contributed by atoms with Gasteiger partial charge >= 0.3 is 0 Å². The van der Waals surface area contributed by atoms with Crippen molar-refractivity contribution in [3.05, 3.63) is 70.8 Å². The Bertz CT molecular complexity index is 865. The first-order valence-electron chi connectivity index (χ1n) is 6.23. The molecule has 0 heterocycles. The van der Waals surface area contributed by atoms with E-state index in [1.54, 1.807) is 4.72 Å². The molecule has 0 fully saturated rings. The van der Waals surface area contributed by atoms with Gasteiger partial charge in [-0.2, -0.15) is 0 Å². The van der Waals surface area contributed by atoms with Crippen molar-refractivity contribution in [1.82, 2.24) is 4.72 Å². The quantitative estimate of drug-likeness (QED) is 0.855. The van der Waals surface area contributed by atoms with E-state index in [0.717, 1.165) is 18.2 Å². The predicted molar refractivity (Wildman–Crippen MR) is 82.2 cm³/mol. The summed E-state index contributed by atoms with van der Waals surface area (Å²) in [6.45, 7) is 0. The number of benzene rings is 2. The molecule has 0 aliphatic rings. The fourth-order valence-electron chi connectivity index (χ4n) is 1.66. The first-order valence-corrected chi connectivity index (χ1v) is 8.09. The van der Waals surface area contributed by atoms with E-state index in [1.165, 1.54) is 36.4 Å². The van der Waals surface area contributed by atoms with Gasteiger partial charge in [-0.25, -0.2) is 21.9 Å². The first kappa shape index (κ1) is 17.1. The molecular weight excluding hydrogens is 348 g/mol. The number of sulfonamides is 1. The minimum atomic E-state index is -4.36. The van der Waals surface area contributed by atoms with Crippen LogP contribution in [0.4, 0.5) is 8.78 Å². The lowest BCUT2D eigenvalue weighted by Crippen LogP contribution is -2.29. The highest BCUT2D eigenvalue weighted by Crippen LogP contribution is 2.18. The van der Waals surface area contributed by atoms with Gasteiger partial charge in [-0.05, 0) is 42.0 Å². The number of halogens is 3. The molecule has 1 N–H and O–H groups in total. The second-order valence-corrected chi connectivity index (χ2v) is 6.52. The Kier molecular flexibility index (Phi) is 5.12. The lowest BCUT2D eigenvalue weighted by atomic mass is 10.2. The maximum Gasteiger partial charge on any atom is 0.267 e. The van der Waals surface area contributed by atoms with Gasteiger partial charge in [0.25, 0.3) is 15.9 Å². The van der Waals surface area contributed by atoms with Crippen molar-refractivity contribution in [3.63, 3.8) is 0 Å². The van der Waals surface area contributed by atoms with Crippen LogP contribution in [0.3, 0.4) is 0 Å². The van der Waals surface area contributed by atoms with Gasteiger partial charge in [0, 0.05) is 11.1 Å². The van der Waals surface area contributed by atoms with Crippen molar-refractivity contribution in [2.75, 3.05) is 0 Å². The van der Waals surface area contributed by atoms with Crippen molar-refractivity contribution < 1.29 is 22.0 Å². The number of hydrogen-bond acceptors (Lipinski definition) is 3. The maximum absolute atomic E-state index is 13.6. The standard InChI is InChI=1S/C15H10ClF2NO3S/c16-11-4-7-14(13(18)9-11)23(21,22)19-15(20)8-3-10-1-5-12(17)6-2-10/h1-9H,(H,19,20)/b8-3+. The topological polar surface area (TPSA) is 63.2 Å². The Hall–Kier alpha value is -2.25. The monoisotopic (exact) mass is 357 g/mol. The third kappa shape index (κ3) is 4.61. The van der Waals surface area contributed by atoms with E-state index in [0.29, 0.717) is 5.56 Å². The van der Waals surface area contributed by atoms with Crippen LogP contribution in [0.2, 0.25) is 5.02 Å². The van der Waals surface area contributed by atoms with Gasteiger partial charge in [0.1, 0.15) is 16.5 Å². The average Bonchev–Trinajstić information content (AvgIpc) is 2.45. The minimum absolute atomic E-state index is 0.0315. The van der Waals surface area contributed by atoms with Crippen LogP contribution in [0.5, 0.6) is 0 Å². The summed E-state index contributed by atoms with van der Waals surface area (Å²) in [4.78, 5) is 11.0. The fourth-order valence-corrected chi connectivity index (χ4v) is 2.82. The van der Waals surface area contributed by atoms with E-state index in [1.807, 2.05) is 0 Å². The fraction of sp³-hybridized carbons (Fsp3) is 0. The van der Waals surface area contributed by atoms with Gasteiger partial charge in [0.15, 0.2) is 0 Å². The molecule has 0 spiro atoms. The lowest BCUT2D eigenvalue weighted by Gasteiger charge is -2.06. The second-order valence-electron chi connectivity index (χ2n) is 4.43. The van der Waals surface area contributed by atoms with E-state index >= 15 is 0 Å². The van der Waals surface area contributed by atoms with Crippen molar-refractivity contribution in [2.24, 2.45) is 0 Å². The minimum Gasteiger partial charge on any atom is -0.269 e. The van der Waals surface area contributed by atoms with Crippen molar-refractivity contribution in [2.45, 2.75) is 4.90 Å². The molecule has 0 saturated heterocycles. The number of amides is 1. The van der Waals surface area contributed by atoms with Crippen molar-refractivity contribution in [3.8, 4) is 0 Å². The lowest BCUT2D eigenvalue weighted by molar-refractivity contribution is -0.114. The summed E-state index contributed by atoms with van der Waals surface area (Å²) in [5, 5.41) is 0.0315. The summed E-state index contributed by atoms with van der Waals surface area (Å²) in [7, 11) is -4.36. The molecule has 0 saturated carbocycles.